The number of hydrogen-bond donors (Lipinski definition) is 2. The molecule has 0 saturated heterocycles. The van der Waals surface area contributed by atoms with Crippen molar-refractivity contribution in [2.45, 2.75) is 32.2 Å². The van der Waals surface area contributed by atoms with Crippen LogP contribution in [0, 0.1) is 0 Å². The summed E-state index contributed by atoms with van der Waals surface area (Å²) in [5.41, 5.74) is 4.30. The van der Waals surface area contributed by atoms with Crippen LogP contribution >= 0.6 is 0 Å². The normalized spacial score (nSPS) is 14.4. The van der Waals surface area contributed by atoms with Gasteiger partial charge in [0.1, 0.15) is 5.82 Å². The van der Waals surface area contributed by atoms with Gasteiger partial charge < -0.3 is 10.3 Å². The monoisotopic (exact) mass is 227 g/mol. The molecule has 0 radical (unpaired) electrons. The number of fused-ring (bicyclic) bond motifs is 1. The number of aromatic amines is 1. The van der Waals surface area contributed by atoms with E-state index in [2.05, 4.69) is 33.5 Å². The van der Waals surface area contributed by atoms with Gasteiger partial charge in [-0.25, -0.2) is 4.98 Å². The predicted molar refractivity (Wildman–Crippen MR) is 69.0 cm³/mol. The lowest BCUT2D eigenvalue weighted by molar-refractivity contribution is 0.686. The van der Waals surface area contributed by atoms with Gasteiger partial charge in [-0.15, -0.1) is 0 Å². The van der Waals surface area contributed by atoms with E-state index in [0.717, 1.165) is 12.4 Å². The third kappa shape index (κ3) is 2.18. The van der Waals surface area contributed by atoms with Crippen molar-refractivity contribution in [1.82, 2.24) is 9.97 Å². The third-order valence-corrected chi connectivity index (χ3v) is 3.40. The van der Waals surface area contributed by atoms with E-state index >= 15 is 0 Å². The first-order valence-corrected chi connectivity index (χ1v) is 6.26. The Morgan fingerprint density at radius 1 is 1.24 bits per heavy atom. The summed E-state index contributed by atoms with van der Waals surface area (Å²) in [5, 5.41) is 3.48. The Morgan fingerprint density at radius 3 is 3.06 bits per heavy atom. The predicted octanol–water partition coefficient (Wildman–Crippen LogP) is 2.90. The van der Waals surface area contributed by atoms with Crippen molar-refractivity contribution in [2.24, 2.45) is 0 Å². The fourth-order valence-corrected chi connectivity index (χ4v) is 2.52. The number of imidazole rings is 1. The topological polar surface area (TPSA) is 40.7 Å². The highest BCUT2D eigenvalue weighted by molar-refractivity contribution is 5.55. The van der Waals surface area contributed by atoms with Crippen LogP contribution < -0.4 is 5.32 Å². The summed E-state index contributed by atoms with van der Waals surface area (Å²) in [4.78, 5) is 7.34. The maximum Gasteiger partial charge on any atom is 0.125 e. The number of rotatable bonds is 3. The molecule has 0 unspecified atom stereocenters. The minimum atomic E-state index is 0.767. The molecule has 3 rings (SSSR count). The average Bonchev–Trinajstić information content (AvgIpc) is 2.89. The Balaban J connectivity index is 1.78. The lowest BCUT2D eigenvalue weighted by Crippen LogP contribution is -2.09. The van der Waals surface area contributed by atoms with E-state index in [4.69, 9.17) is 0 Å². The number of nitrogens with zero attached hydrogens (tertiary/aromatic N) is 1. The van der Waals surface area contributed by atoms with Crippen molar-refractivity contribution in [3.8, 4) is 0 Å². The zero-order valence-electron chi connectivity index (χ0n) is 9.87. The average molecular weight is 227 g/mol. The lowest BCUT2D eigenvalue weighted by atomic mass is 9.90. The number of anilines is 1. The van der Waals surface area contributed by atoms with E-state index in [1.54, 1.807) is 6.20 Å². The number of nitrogens with one attached hydrogen (secondary N) is 2. The number of aromatic nitrogens is 2. The van der Waals surface area contributed by atoms with E-state index in [1.807, 2.05) is 6.20 Å². The zero-order chi connectivity index (χ0) is 11.5. The van der Waals surface area contributed by atoms with E-state index in [-0.39, 0.29) is 0 Å². The quantitative estimate of drug-likeness (QED) is 0.846. The maximum atomic E-state index is 4.23. The van der Waals surface area contributed by atoms with Crippen molar-refractivity contribution in [1.29, 1.82) is 0 Å². The van der Waals surface area contributed by atoms with Crippen LogP contribution in [0.25, 0.3) is 0 Å². The smallest absolute Gasteiger partial charge is 0.125 e. The standard InChI is InChI=1S/C14H17N3/c1-2-6-12-11(4-1)5-3-7-13(12)17-10-14-15-8-9-16-14/h3,5,7-9,17H,1-2,4,6,10H2,(H,15,16). The van der Waals surface area contributed by atoms with Crippen LogP contribution in [0.5, 0.6) is 0 Å². The van der Waals surface area contributed by atoms with Crippen molar-refractivity contribution in [3.63, 3.8) is 0 Å². The van der Waals surface area contributed by atoms with Crippen molar-refractivity contribution < 1.29 is 0 Å². The molecule has 17 heavy (non-hydrogen) atoms. The summed E-state index contributed by atoms with van der Waals surface area (Å²) in [6.45, 7) is 0.767. The van der Waals surface area contributed by atoms with Gasteiger partial charge in [-0.2, -0.15) is 0 Å². The molecule has 2 aromatic rings. The molecule has 0 bridgehead atoms. The molecule has 3 nitrogen and oxygen atoms in total. The molecule has 1 heterocycles. The molecule has 2 N–H and O–H groups in total. The molecule has 0 atom stereocenters. The second kappa shape index (κ2) is 4.62. The number of benzene rings is 1. The van der Waals surface area contributed by atoms with Gasteiger partial charge in [0.2, 0.25) is 0 Å². The molecule has 0 saturated carbocycles. The molecule has 3 heteroatoms. The van der Waals surface area contributed by atoms with Crippen molar-refractivity contribution in [2.75, 3.05) is 5.32 Å². The van der Waals surface area contributed by atoms with Gasteiger partial charge in [-0.05, 0) is 42.9 Å². The molecular weight excluding hydrogens is 210 g/mol. The summed E-state index contributed by atoms with van der Waals surface area (Å²) < 4.78 is 0. The lowest BCUT2D eigenvalue weighted by Gasteiger charge is -2.19. The number of aryl methyl sites for hydroxylation is 1. The fraction of sp³-hybridized carbons (Fsp3) is 0.357. The van der Waals surface area contributed by atoms with Crippen LogP contribution in [0.3, 0.4) is 0 Å². The summed E-state index contributed by atoms with van der Waals surface area (Å²) in [6.07, 6.45) is 8.72. The molecule has 88 valence electrons. The maximum absolute atomic E-state index is 4.23. The third-order valence-electron chi connectivity index (χ3n) is 3.40. The molecule has 0 aliphatic heterocycles. The second-order valence-electron chi connectivity index (χ2n) is 4.54. The molecule has 1 aliphatic carbocycles. The van der Waals surface area contributed by atoms with Gasteiger partial charge in [-0.3, -0.25) is 0 Å². The van der Waals surface area contributed by atoms with Crippen molar-refractivity contribution >= 4 is 5.69 Å². The molecule has 1 aromatic carbocycles. The number of H-pyrrole nitrogens is 1. The largest absolute Gasteiger partial charge is 0.378 e. The molecular formula is C14H17N3. The summed E-state index contributed by atoms with van der Waals surface area (Å²) in [7, 11) is 0. The Bertz CT molecular complexity index is 488. The van der Waals surface area contributed by atoms with E-state index in [1.165, 1.54) is 42.5 Å². The zero-order valence-corrected chi connectivity index (χ0v) is 9.87. The number of hydrogen-bond acceptors (Lipinski definition) is 2. The molecule has 1 aromatic heterocycles. The first-order chi connectivity index (χ1) is 8.43. The van der Waals surface area contributed by atoms with Crippen molar-refractivity contribution in [3.05, 3.63) is 47.5 Å². The van der Waals surface area contributed by atoms with Crippen LogP contribution in [0.2, 0.25) is 0 Å². The summed E-state index contributed by atoms with van der Waals surface area (Å²) in [5.74, 6) is 0.985. The Hall–Kier alpha value is -1.77. The summed E-state index contributed by atoms with van der Waals surface area (Å²) >= 11 is 0. The molecule has 0 fully saturated rings. The molecule has 0 spiro atoms. The van der Waals surface area contributed by atoms with Crippen LogP contribution in [0.1, 0.15) is 29.8 Å². The highest BCUT2D eigenvalue weighted by Gasteiger charge is 2.12. The Kier molecular flexibility index (Phi) is 2.82. The molecule has 0 amide bonds. The van der Waals surface area contributed by atoms with Crippen LogP contribution in [0.4, 0.5) is 5.69 Å². The van der Waals surface area contributed by atoms with Crippen LogP contribution in [0.15, 0.2) is 30.6 Å². The van der Waals surface area contributed by atoms with Crippen LogP contribution in [-0.2, 0) is 19.4 Å². The minimum Gasteiger partial charge on any atom is -0.378 e. The molecule has 1 aliphatic rings. The van der Waals surface area contributed by atoms with E-state index in [9.17, 15) is 0 Å². The second-order valence-corrected chi connectivity index (χ2v) is 4.54. The van der Waals surface area contributed by atoms with Gasteiger partial charge in [0, 0.05) is 18.1 Å². The first kappa shape index (κ1) is 10.4. The fourth-order valence-electron chi connectivity index (χ4n) is 2.52. The van der Waals surface area contributed by atoms with E-state index < -0.39 is 0 Å². The first-order valence-electron chi connectivity index (χ1n) is 6.26. The Labute approximate surface area is 101 Å². The SMILES string of the molecule is c1cc2c(c(NCc3ncc[nH]3)c1)CCCC2. The van der Waals surface area contributed by atoms with Gasteiger partial charge in [0.15, 0.2) is 0 Å². The van der Waals surface area contributed by atoms with Gasteiger partial charge in [0.05, 0.1) is 6.54 Å². The highest BCUT2D eigenvalue weighted by Crippen LogP contribution is 2.27. The minimum absolute atomic E-state index is 0.767. The Morgan fingerprint density at radius 2 is 2.18 bits per heavy atom. The summed E-state index contributed by atoms with van der Waals surface area (Å²) in [6, 6.07) is 6.58. The van der Waals surface area contributed by atoms with Gasteiger partial charge in [0.25, 0.3) is 0 Å². The van der Waals surface area contributed by atoms with Gasteiger partial charge >= 0.3 is 0 Å². The highest BCUT2D eigenvalue weighted by atomic mass is 15.0. The van der Waals surface area contributed by atoms with E-state index in [0.29, 0.717) is 0 Å². The van der Waals surface area contributed by atoms with Gasteiger partial charge in [-0.1, -0.05) is 12.1 Å². The van der Waals surface area contributed by atoms with Crippen LogP contribution in [-0.4, -0.2) is 9.97 Å².